The molecule has 0 heterocycles. The van der Waals surface area contributed by atoms with Gasteiger partial charge in [-0.1, -0.05) is 19.8 Å². The Morgan fingerprint density at radius 3 is 2.47 bits per heavy atom. The molecule has 1 rings (SSSR count). The van der Waals surface area contributed by atoms with Crippen molar-refractivity contribution in [1.29, 1.82) is 0 Å². The third kappa shape index (κ3) is 5.19. The molecule has 0 atom stereocenters. The number of amides is 1. The quantitative estimate of drug-likeness (QED) is 0.595. The Morgan fingerprint density at radius 1 is 1.26 bits per heavy atom. The lowest BCUT2D eigenvalue weighted by Crippen LogP contribution is -2.42. The van der Waals surface area contributed by atoms with Gasteiger partial charge in [0, 0.05) is 26.2 Å². The summed E-state index contributed by atoms with van der Waals surface area (Å²) in [5, 5.41) is 11.9. The summed E-state index contributed by atoms with van der Waals surface area (Å²) in [4.78, 5) is 22.8. The van der Waals surface area contributed by atoms with E-state index in [1.54, 1.807) is 0 Å². The monoisotopic (exact) mass is 271 g/mol. The molecule has 0 aromatic heterocycles. The molecular weight excluding hydrogens is 246 g/mol. The first-order chi connectivity index (χ1) is 9.10. The van der Waals surface area contributed by atoms with Crippen LogP contribution in [0.4, 0.5) is 0 Å². The lowest BCUT2D eigenvalue weighted by atomic mass is 9.66. The fourth-order valence-electron chi connectivity index (χ4n) is 2.19. The molecule has 0 aromatic rings. The minimum absolute atomic E-state index is 0.110. The molecule has 0 unspecified atom stereocenters. The van der Waals surface area contributed by atoms with Crippen LogP contribution in [-0.2, 0) is 14.3 Å². The molecule has 0 aromatic carbocycles. The molecule has 5 heteroatoms. The lowest BCUT2D eigenvalue weighted by Gasteiger charge is -2.36. The molecule has 1 saturated carbocycles. The number of hydrogen-bond donors (Lipinski definition) is 2. The van der Waals surface area contributed by atoms with Crippen LogP contribution in [-0.4, -0.2) is 36.7 Å². The van der Waals surface area contributed by atoms with Gasteiger partial charge in [-0.3, -0.25) is 9.59 Å². The molecule has 0 saturated heterocycles. The van der Waals surface area contributed by atoms with E-state index < -0.39 is 11.4 Å². The van der Waals surface area contributed by atoms with Gasteiger partial charge in [0.05, 0.1) is 5.41 Å². The molecule has 0 bridgehead atoms. The second-order valence-electron chi connectivity index (χ2n) is 5.29. The first-order valence-corrected chi connectivity index (χ1v) is 7.18. The molecule has 1 fully saturated rings. The van der Waals surface area contributed by atoms with E-state index in [-0.39, 0.29) is 12.3 Å². The molecule has 0 radical (unpaired) electrons. The first-order valence-electron chi connectivity index (χ1n) is 7.18. The van der Waals surface area contributed by atoms with Crippen LogP contribution in [0.25, 0.3) is 0 Å². The summed E-state index contributed by atoms with van der Waals surface area (Å²) in [6, 6.07) is 0. The minimum Gasteiger partial charge on any atom is -0.481 e. The zero-order valence-electron chi connectivity index (χ0n) is 11.7. The molecule has 0 aliphatic heterocycles. The van der Waals surface area contributed by atoms with E-state index in [1.807, 2.05) is 0 Å². The zero-order valence-corrected chi connectivity index (χ0v) is 11.7. The van der Waals surface area contributed by atoms with Gasteiger partial charge in [-0.15, -0.1) is 0 Å². The highest BCUT2D eigenvalue weighted by Crippen LogP contribution is 2.44. The number of aliphatic carboxylic acids is 1. The predicted octanol–water partition coefficient (Wildman–Crippen LogP) is 1.95. The summed E-state index contributed by atoms with van der Waals surface area (Å²) in [6.07, 6.45) is 5.21. The van der Waals surface area contributed by atoms with Crippen LogP contribution in [0.15, 0.2) is 0 Å². The number of ether oxygens (including phenoxy) is 1. The number of hydrogen-bond acceptors (Lipinski definition) is 3. The van der Waals surface area contributed by atoms with Crippen molar-refractivity contribution in [1.82, 2.24) is 5.32 Å². The number of carboxylic acid groups (broad SMARTS) is 1. The van der Waals surface area contributed by atoms with E-state index in [4.69, 9.17) is 9.84 Å². The van der Waals surface area contributed by atoms with Gasteiger partial charge in [0.15, 0.2) is 0 Å². The third-order valence-electron chi connectivity index (χ3n) is 3.69. The van der Waals surface area contributed by atoms with Gasteiger partial charge in [-0.25, -0.2) is 0 Å². The summed E-state index contributed by atoms with van der Waals surface area (Å²) in [5.74, 6) is -0.993. The lowest BCUT2D eigenvalue weighted by molar-refractivity contribution is -0.157. The van der Waals surface area contributed by atoms with Crippen LogP contribution in [0.2, 0.25) is 0 Å². The molecule has 1 amide bonds. The van der Waals surface area contributed by atoms with Crippen molar-refractivity contribution in [2.75, 3.05) is 19.8 Å². The number of carboxylic acids is 1. The van der Waals surface area contributed by atoms with Crippen molar-refractivity contribution in [2.24, 2.45) is 5.41 Å². The molecule has 110 valence electrons. The van der Waals surface area contributed by atoms with E-state index in [0.29, 0.717) is 26.0 Å². The van der Waals surface area contributed by atoms with Crippen LogP contribution >= 0.6 is 0 Å². The summed E-state index contributed by atoms with van der Waals surface area (Å²) < 4.78 is 5.38. The van der Waals surface area contributed by atoms with Gasteiger partial charge in [0.2, 0.25) is 5.91 Å². The fourth-order valence-corrected chi connectivity index (χ4v) is 2.19. The van der Waals surface area contributed by atoms with Crippen LogP contribution < -0.4 is 5.32 Å². The second-order valence-corrected chi connectivity index (χ2v) is 5.29. The van der Waals surface area contributed by atoms with Crippen LogP contribution in [0, 0.1) is 5.41 Å². The Kier molecular flexibility index (Phi) is 6.84. The number of carbonyl (C=O) groups is 2. The molecule has 0 spiro atoms. The van der Waals surface area contributed by atoms with Gasteiger partial charge in [0.25, 0.3) is 0 Å². The van der Waals surface area contributed by atoms with Crippen molar-refractivity contribution < 1.29 is 19.4 Å². The standard InChI is InChI=1S/C14H25NO4/c1-2-3-9-19-10-5-8-15-12(16)11-14(13(17)18)6-4-7-14/h2-11H2,1H3,(H,15,16)(H,17,18). The zero-order chi connectivity index (χ0) is 14.1. The van der Waals surface area contributed by atoms with Gasteiger partial charge in [0.1, 0.15) is 0 Å². The van der Waals surface area contributed by atoms with Crippen LogP contribution in [0.1, 0.15) is 51.9 Å². The Labute approximate surface area is 114 Å². The van der Waals surface area contributed by atoms with E-state index in [2.05, 4.69) is 12.2 Å². The predicted molar refractivity (Wildman–Crippen MR) is 71.9 cm³/mol. The van der Waals surface area contributed by atoms with E-state index >= 15 is 0 Å². The van der Waals surface area contributed by atoms with Crippen molar-refractivity contribution in [3.05, 3.63) is 0 Å². The topological polar surface area (TPSA) is 75.6 Å². The Balaban J connectivity index is 2.06. The number of carbonyl (C=O) groups excluding carboxylic acids is 1. The normalized spacial score (nSPS) is 16.7. The van der Waals surface area contributed by atoms with E-state index in [0.717, 1.165) is 32.3 Å². The molecular formula is C14H25NO4. The average molecular weight is 271 g/mol. The molecule has 1 aliphatic carbocycles. The van der Waals surface area contributed by atoms with Gasteiger partial charge < -0.3 is 15.2 Å². The van der Waals surface area contributed by atoms with E-state index in [9.17, 15) is 9.59 Å². The Hall–Kier alpha value is -1.10. The maximum atomic E-state index is 11.7. The second kappa shape index (κ2) is 8.15. The number of rotatable bonds is 10. The third-order valence-corrected chi connectivity index (χ3v) is 3.69. The Morgan fingerprint density at radius 2 is 1.95 bits per heavy atom. The molecule has 5 nitrogen and oxygen atoms in total. The highest BCUT2D eigenvalue weighted by Gasteiger charge is 2.45. The summed E-state index contributed by atoms with van der Waals surface area (Å²) in [5.41, 5.74) is -0.790. The highest BCUT2D eigenvalue weighted by molar-refractivity contribution is 5.85. The molecule has 2 N–H and O–H groups in total. The van der Waals surface area contributed by atoms with Crippen molar-refractivity contribution >= 4 is 11.9 Å². The van der Waals surface area contributed by atoms with Gasteiger partial charge in [-0.2, -0.15) is 0 Å². The van der Waals surface area contributed by atoms with Crippen molar-refractivity contribution in [3.63, 3.8) is 0 Å². The SMILES string of the molecule is CCCCOCCCNC(=O)CC1(C(=O)O)CCC1. The van der Waals surface area contributed by atoms with Crippen molar-refractivity contribution in [3.8, 4) is 0 Å². The van der Waals surface area contributed by atoms with Crippen LogP contribution in [0.5, 0.6) is 0 Å². The average Bonchev–Trinajstić information content (AvgIpc) is 2.32. The highest BCUT2D eigenvalue weighted by atomic mass is 16.5. The molecule has 1 aliphatic rings. The van der Waals surface area contributed by atoms with Gasteiger partial charge in [-0.05, 0) is 25.7 Å². The molecule has 19 heavy (non-hydrogen) atoms. The first kappa shape index (κ1) is 16.0. The van der Waals surface area contributed by atoms with Crippen LogP contribution in [0.3, 0.4) is 0 Å². The summed E-state index contributed by atoms with van der Waals surface area (Å²) in [6.45, 7) is 4.08. The van der Waals surface area contributed by atoms with E-state index in [1.165, 1.54) is 0 Å². The largest absolute Gasteiger partial charge is 0.481 e. The maximum Gasteiger partial charge on any atom is 0.310 e. The number of unbranched alkanes of at least 4 members (excludes halogenated alkanes) is 1. The van der Waals surface area contributed by atoms with Crippen molar-refractivity contribution in [2.45, 2.75) is 51.9 Å². The number of nitrogens with one attached hydrogen (secondary N) is 1. The van der Waals surface area contributed by atoms with Gasteiger partial charge >= 0.3 is 5.97 Å². The summed E-state index contributed by atoms with van der Waals surface area (Å²) >= 11 is 0. The summed E-state index contributed by atoms with van der Waals surface area (Å²) in [7, 11) is 0. The Bertz CT molecular complexity index is 300. The minimum atomic E-state index is -0.836. The smallest absolute Gasteiger partial charge is 0.310 e. The fraction of sp³-hybridized carbons (Fsp3) is 0.857. The maximum absolute atomic E-state index is 11.7.